The number of benzene rings is 4. The van der Waals surface area contributed by atoms with Gasteiger partial charge in [0.05, 0.1) is 9.79 Å². The first-order chi connectivity index (χ1) is 22.0. The maximum Gasteiger partial charge on any atom is 0.297 e. The molecule has 0 aliphatic rings. The van der Waals surface area contributed by atoms with Gasteiger partial charge in [0, 0.05) is 0 Å². The molecule has 244 valence electrons. The summed E-state index contributed by atoms with van der Waals surface area (Å²) in [6.07, 6.45) is 1.64. The molecule has 0 radical (unpaired) electrons. The van der Waals surface area contributed by atoms with Gasteiger partial charge in [-0.25, -0.2) is 0 Å². The molecule has 0 aliphatic heterocycles. The maximum absolute atomic E-state index is 12.4. The number of aryl methyl sites for hydroxylation is 2. The minimum atomic E-state index is -3.84. The summed E-state index contributed by atoms with van der Waals surface area (Å²) in [6.45, 7) is 7.98. The van der Waals surface area contributed by atoms with Crippen molar-refractivity contribution in [1.82, 2.24) is 0 Å². The Kier molecular flexibility index (Phi) is 12.2. The molecule has 0 aliphatic carbocycles. The molecule has 0 atom stereocenters. The van der Waals surface area contributed by atoms with Crippen LogP contribution in [0.4, 0.5) is 0 Å². The van der Waals surface area contributed by atoms with E-state index in [-0.39, 0.29) is 36.2 Å². The third-order valence-corrected chi connectivity index (χ3v) is 9.93. The molecule has 4 aromatic rings. The van der Waals surface area contributed by atoms with Gasteiger partial charge < -0.3 is 9.47 Å². The van der Waals surface area contributed by atoms with E-state index in [0.717, 1.165) is 35.1 Å². The number of allylic oxidation sites excluding steroid dienone is 2. The maximum atomic E-state index is 12.4. The fourth-order valence-corrected chi connectivity index (χ4v) is 6.63. The molecule has 0 saturated carbocycles. The molecular weight excluding hydrogens is 625 g/mol. The molecule has 0 unspecified atom stereocenters. The summed E-state index contributed by atoms with van der Waals surface area (Å²) in [5, 5.41) is 0. The zero-order valence-corrected chi connectivity index (χ0v) is 28.2. The Hall–Kier alpha value is -3.96. The number of rotatable bonds is 16. The summed E-state index contributed by atoms with van der Waals surface area (Å²) in [5.74, 6) is 1.23. The molecule has 0 saturated heterocycles. The van der Waals surface area contributed by atoms with E-state index < -0.39 is 20.2 Å². The average molecular weight is 665 g/mol. The van der Waals surface area contributed by atoms with Crippen LogP contribution in [-0.2, 0) is 28.6 Å². The number of hydrogen-bond donors (Lipinski definition) is 0. The van der Waals surface area contributed by atoms with Crippen LogP contribution in [0.25, 0.3) is 11.1 Å². The van der Waals surface area contributed by atoms with Crippen molar-refractivity contribution >= 4 is 31.4 Å². The van der Waals surface area contributed by atoms with Gasteiger partial charge in [-0.2, -0.15) is 16.8 Å². The Morgan fingerprint density at radius 1 is 0.478 bits per heavy atom. The standard InChI is InChI=1S/C36H40O8S2/c1-5-35(29-11-15-31(16-12-29)41-23-25-43-45(37,38)33-19-7-27(3)8-20-33)36(6-2)30-13-17-32(18-14-30)42-24-26-44-46(39,40)34-21-9-28(4)10-22-34/h7-22H,5-6,23-26H2,1-4H3. The van der Waals surface area contributed by atoms with Crippen molar-refractivity contribution in [3.63, 3.8) is 0 Å². The summed E-state index contributed by atoms with van der Waals surface area (Å²) in [6, 6.07) is 28.5. The molecule has 10 heteroatoms. The van der Waals surface area contributed by atoms with Crippen molar-refractivity contribution in [2.24, 2.45) is 0 Å². The summed E-state index contributed by atoms with van der Waals surface area (Å²) in [5.41, 5.74) is 6.47. The van der Waals surface area contributed by atoms with Crippen LogP contribution >= 0.6 is 0 Å². The minimum Gasteiger partial charge on any atom is -0.491 e. The van der Waals surface area contributed by atoms with Crippen molar-refractivity contribution in [2.75, 3.05) is 26.4 Å². The highest BCUT2D eigenvalue weighted by atomic mass is 32.2. The van der Waals surface area contributed by atoms with Gasteiger partial charge in [0.2, 0.25) is 0 Å². The molecule has 0 bridgehead atoms. The highest BCUT2D eigenvalue weighted by molar-refractivity contribution is 7.87. The van der Waals surface area contributed by atoms with Crippen LogP contribution in [0.15, 0.2) is 107 Å². The highest BCUT2D eigenvalue weighted by Crippen LogP contribution is 2.33. The Bertz CT molecular complexity index is 1670. The zero-order valence-electron chi connectivity index (χ0n) is 26.6. The van der Waals surface area contributed by atoms with Crippen LogP contribution in [0, 0.1) is 13.8 Å². The second-order valence-corrected chi connectivity index (χ2v) is 13.8. The summed E-state index contributed by atoms with van der Waals surface area (Å²) >= 11 is 0. The van der Waals surface area contributed by atoms with Gasteiger partial charge in [-0.05, 0) is 97.5 Å². The molecule has 0 N–H and O–H groups in total. The normalized spacial score (nSPS) is 12.4. The third kappa shape index (κ3) is 9.53. The molecule has 0 heterocycles. The number of ether oxygens (including phenoxy) is 2. The molecule has 46 heavy (non-hydrogen) atoms. The van der Waals surface area contributed by atoms with Gasteiger partial charge in [-0.1, -0.05) is 73.5 Å². The van der Waals surface area contributed by atoms with Gasteiger partial charge >= 0.3 is 0 Å². The minimum absolute atomic E-state index is 0.0875. The van der Waals surface area contributed by atoms with Crippen molar-refractivity contribution in [3.05, 3.63) is 119 Å². The van der Waals surface area contributed by atoms with Crippen molar-refractivity contribution in [2.45, 2.75) is 50.3 Å². The van der Waals surface area contributed by atoms with E-state index in [4.69, 9.17) is 17.8 Å². The van der Waals surface area contributed by atoms with E-state index in [1.807, 2.05) is 62.4 Å². The van der Waals surface area contributed by atoms with Crippen LogP contribution in [0.5, 0.6) is 11.5 Å². The third-order valence-electron chi connectivity index (χ3n) is 7.28. The summed E-state index contributed by atoms with van der Waals surface area (Å²) < 4.78 is 71.2. The lowest BCUT2D eigenvalue weighted by molar-refractivity contribution is 0.221. The van der Waals surface area contributed by atoms with Crippen LogP contribution in [0.2, 0.25) is 0 Å². The highest BCUT2D eigenvalue weighted by Gasteiger charge is 2.16. The van der Waals surface area contributed by atoms with E-state index >= 15 is 0 Å². The van der Waals surface area contributed by atoms with Crippen molar-refractivity contribution in [1.29, 1.82) is 0 Å². The molecule has 4 aromatic carbocycles. The van der Waals surface area contributed by atoms with E-state index in [1.165, 1.54) is 35.4 Å². The fourth-order valence-electron chi connectivity index (χ4n) is 4.84. The molecule has 0 amide bonds. The van der Waals surface area contributed by atoms with E-state index in [1.54, 1.807) is 24.3 Å². The van der Waals surface area contributed by atoms with Gasteiger partial charge in [-0.15, -0.1) is 0 Å². The van der Waals surface area contributed by atoms with Crippen LogP contribution in [0.1, 0.15) is 48.9 Å². The zero-order chi connectivity index (χ0) is 33.2. The van der Waals surface area contributed by atoms with Crippen LogP contribution in [-0.4, -0.2) is 43.3 Å². The summed E-state index contributed by atoms with van der Waals surface area (Å²) in [4.78, 5) is 0.235. The van der Waals surface area contributed by atoms with Gasteiger partial charge in [0.1, 0.15) is 37.9 Å². The lowest BCUT2D eigenvalue weighted by atomic mass is 9.91. The Morgan fingerprint density at radius 3 is 1.11 bits per heavy atom. The molecule has 4 rings (SSSR count). The van der Waals surface area contributed by atoms with Crippen molar-refractivity contribution in [3.8, 4) is 11.5 Å². The van der Waals surface area contributed by atoms with E-state index in [9.17, 15) is 16.8 Å². The lowest BCUT2D eigenvalue weighted by Crippen LogP contribution is -2.13. The topological polar surface area (TPSA) is 105 Å². The molecule has 8 nitrogen and oxygen atoms in total. The van der Waals surface area contributed by atoms with Crippen LogP contribution in [0.3, 0.4) is 0 Å². The second kappa shape index (κ2) is 16.0. The molecular formula is C36H40O8S2. The SMILES string of the molecule is CCC(=C(CC)c1ccc(OCCOS(=O)(=O)c2ccc(C)cc2)cc1)c1ccc(OCCOS(=O)(=O)c2ccc(C)cc2)cc1. The first kappa shape index (κ1) is 34.9. The van der Waals surface area contributed by atoms with Gasteiger partial charge in [0.25, 0.3) is 20.2 Å². The second-order valence-electron chi connectivity index (χ2n) is 10.6. The van der Waals surface area contributed by atoms with E-state index in [0.29, 0.717) is 11.5 Å². The molecule has 0 fully saturated rings. The Morgan fingerprint density at radius 2 is 0.804 bits per heavy atom. The summed E-state index contributed by atoms with van der Waals surface area (Å²) in [7, 11) is -7.68. The largest absolute Gasteiger partial charge is 0.491 e. The monoisotopic (exact) mass is 664 g/mol. The predicted octanol–water partition coefficient (Wildman–Crippen LogP) is 7.60. The van der Waals surface area contributed by atoms with Gasteiger partial charge in [0.15, 0.2) is 0 Å². The van der Waals surface area contributed by atoms with Gasteiger partial charge in [-0.3, -0.25) is 8.37 Å². The molecule has 0 aromatic heterocycles. The lowest BCUT2D eigenvalue weighted by Gasteiger charge is -2.15. The fraction of sp³-hybridized carbons (Fsp3) is 0.278. The average Bonchev–Trinajstić information content (AvgIpc) is 3.05. The first-order valence-electron chi connectivity index (χ1n) is 15.1. The van der Waals surface area contributed by atoms with Crippen molar-refractivity contribution < 1.29 is 34.7 Å². The molecule has 0 spiro atoms. The quantitative estimate of drug-likeness (QED) is 0.0685. The Labute approximate surface area is 272 Å². The smallest absolute Gasteiger partial charge is 0.297 e. The number of hydrogen-bond acceptors (Lipinski definition) is 8. The van der Waals surface area contributed by atoms with Crippen LogP contribution < -0.4 is 9.47 Å². The van der Waals surface area contributed by atoms with E-state index in [2.05, 4.69) is 13.8 Å². The predicted molar refractivity (Wildman–Crippen MR) is 180 cm³/mol. The Balaban J connectivity index is 1.31. The first-order valence-corrected chi connectivity index (χ1v) is 17.9.